The number of fused-ring (bicyclic) bond motifs is 1. The molecule has 0 spiro atoms. The topological polar surface area (TPSA) is 78.2 Å². The van der Waals surface area contributed by atoms with Crippen LogP contribution in [0.1, 0.15) is 30.6 Å². The van der Waals surface area contributed by atoms with Crippen LogP contribution in [-0.4, -0.2) is 53.0 Å². The number of para-hydroxylation sites is 1. The lowest BCUT2D eigenvalue weighted by Crippen LogP contribution is -2.35. The van der Waals surface area contributed by atoms with Crippen molar-refractivity contribution in [1.29, 1.82) is 0 Å². The molecule has 3 rings (SSSR count). The second-order valence-corrected chi connectivity index (χ2v) is 6.10. The van der Waals surface area contributed by atoms with Crippen LogP contribution in [0.2, 0.25) is 0 Å². The van der Waals surface area contributed by atoms with Crippen LogP contribution in [0.5, 0.6) is 0 Å². The Bertz CT molecular complexity index is 678. The van der Waals surface area contributed by atoms with Gasteiger partial charge in [0.1, 0.15) is 5.52 Å². The molecule has 22 heavy (non-hydrogen) atoms. The fourth-order valence-corrected chi connectivity index (χ4v) is 3.03. The summed E-state index contributed by atoms with van der Waals surface area (Å²) in [5, 5.41) is 0. The van der Waals surface area contributed by atoms with Crippen molar-refractivity contribution in [2.45, 2.75) is 26.3 Å². The first kappa shape index (κ1) is 14.8. The molecule has 1 amide bonds. The van der Waals surface area contributed by atoms with Crippen LogP contribution in [-0.2, 0) is 0 Å². The summed E-state index contributed by atoms with van der Waals surface area (Å²) in [6.07, 6.45) is 1.11. The Balaban J connectivity index is 1.87. The molecule has 1 fully saturated rings. The van der Waals surface area contributed by atoms with Crippen molar-refractivity contribution >= 4 is 22.9 Å². The molecule has 0 aliphatic carbocycles. The molecule has 2 heterocycles. The molecule has 6 nitrogen and oxygen atoms in total. The van der Waals surface area contributed by atoms with Gasteiger partial charge in [0, 0.05) is 32.2 Å². The number of aromatic nitrogens is 2. The molecule has 0 bridgehead atoms. The number of H-pyrrole nitrogens is 1. The van der Waals surface area contributed by atoms with E-state index in [0.717, 1.165) is 44.1 Å². The van der Waals surface area contributed by atoms with E-state index in [1.807, 2.05) is 12.1 Å². The van der Waals surface area contributed by atoms with Crippen molar-refractivity contribution in [3.8, 4) is 0 Å². The van der Waals surface area contributed by atoms with Crippen LogP contribution in [0.25, 0.3) is 11.0 Å². The van der Waals surface area contributed by atoms with E-state index in [1.165, 1.54) is 0 Å². The molecule has 6 heteroatoms. The van der Waals surface area contributed by atoms with Crippen LogP contribution in [0, 0.1) is 0 Å². The summed E-state index contributed by atoms with van der Waals surface area (Å²) in [6.45, 7) is 8.50. The predicted octanol–water partition coefficient (Wildman–Crippen LogP) is 1.58. The van der Waals surface area contributed by atoms with Crippen molar-refractivity contribution < 1.29 is 4.79 Å². The highest BCUT2D eigenvalue weighted by Gasteiger charge is 2.20. The van der Waals surface area contributed by atoms with Crippen molar-refractivity contribution in [1.82, 2.24) is 14.9 Å². The van der Waals surface area contributed by atoms with E-state index in [2.05, 4.69) is 33.6 Å². The predicted molar refractivity (Wildman–Crippen MR) is 88.2 cm³/mol. The Hall–Kier alpha value is -2.08. The van der Waals surface area contributed by atoms with E-state index < -0.39 is 5.91 Å². The fourth-order valence-electron chi connectivity index (χ4n) is 3.03. The monoisotopic (exact) mass is 301 g/mol. The maximum Gasteiger partial charge on any atom is 0.250 e. The number of nitrogens with zero attached hydrogens (tertiary/aromatic N) is 3. The van der Waals surface area contributed by atoms with E-state index >= 15 is 0 Å². The molecule has 1 saturated heterocycles. The zero-order valence-electron chi connectivity index (χ0n) is 13.2. The maximum absolute atomic E-state index is 11.5. The normalized spacial score (nSPS) is 17.1. The number of hydrogen-bond donors (Lipinski definition) is 2. The van der Waals surface area contributed by atoms with Gasteiger partial charge in [0.15, 0.2) is 0 Å². The number of benzene rings is 1. The van der Waals surface area contributed by atoms with Crippen LogP contribution in [0.15, 0.2) is 18.2 Å². The Morgan fingerprint density at radius 3 is 2.82 bits per heavy atom. The summed E-state index contributed by atoms with van der Waals surface area (Å²) in [7, 11) is 0. The highest BCUT2D eigenvalue weighted by Crippen LogP contribution is 2.21. The minimum Gasteiger partial charge on any atom is -0.366 e. The summed E-state index contributed by atoms with van der Waals surface area (Å²) in [4.78, 5) is 24.2. The standard InChI is InChI=1S/C16H23N5O/c1-11(2)20-7-4-8-21(10-9-20)16-18-13-6-3-5-12(15(17)22)14(13)19-16/h3,5-6,11H,4,7-10H2,1-2H3,(H2,17,22)(H,18,19). The lowest BCUT2D eigenvalue weighted by Gasteiger charge is -2.24. The summed E-state index contributed by atoms with van der Waals surface area (Å²) < 4.78 is 0. The van der Waals surface area contributed by atoms with Gasteiger partial charge in [-0.25, -0.2) is 4.98 Å². The highest BCUT2D eigenvalue weighted by molar-refractivity contribution is 6.04. The average Bonchev–Trinajstić information content (AvgIpc) is 2.75. The van der Waals surface area contributed by atoms with E-state index in [-0.39, 0.29) is 0 Å². The number of hydrogen-bond acceptors (Lipinski definition) is 4. The summed E-state index contributed by atoms with van der Waals surface area (Å²) in [5.74, 6) is 0.389. The Labute approximate surface area is 130 Å². The zero-order chi connectivity index (χ0) is 15.7. The van der Waals surface area contributed by atoms with Crippen LogP contribution >= 0.6 is 0 Å². The van der Waals surface area contributed by atoms with Crippen LogP contribution in [0.4, 0.5) is 5.95 Å². The third kappa shape index (κ3) is 2.78. The van der Waals surface area contributed by atoms with Gasteiger partial charge in [-0.1, -0.05) is 6.07 Å². The van der Waals surface area contributed by atoms with Crippen molar-refractivity contribution in [3.05, 3.63) is 23.8 Å². The van der Waals surface area contributed by atoms with E-state index in [9.17, 15) is 4.79 Å². The van der Waals surface area contributed by atoms with Crippen molar-refractivity contribution in [2.75, 3.05) is 31.1 Å². The summed E-state index contributed by atoms with van der Waals surface area (Å²) in [5.41, 5.74) is 7.42. The lowest BCUT2D eigenvalue weighted by molar-refractivity contribution is 0.100. The maximum atomic E-state index is 11.5. The quantitative estimate of drug-likeness (QED) is 0.902. The van der Waals surface area contributed by atoms with E-state index in [4.69, 9.17) is 5.73 Å². The second kappa shape index (κ2) is 5.96. The molecule has 0 unspecified atom stereocenters. The number of amides is 1. The average molecular weight is 301 g/mol. The highest BCUT2D eigenvalue weighted by atomic mass is 16.1. The Kier molecular flexibility index (Phi) is 4.02. The number of aromatic amines is 1. The third-order valence-electron chi connectivity index (χ3n) is 4.33. The SMILES string of the molecule is CC(C)N1CCCN(c2nc3c(C(N)=O)cccc3[nH]2)CC1. The summed E-state index contributed by atoms with van der Waals surface area (Å²) in [6, 6.07) is 6.04. The molecular weight excluding hydrogens is 278 g/mol. The van der Waals surface area contributed by atoms with Gasteiger partial charge < -0.3 is 15.6 Å². The van der Waals surface area contributed by atoms with Gasteiger partial charge >= 0.3 is 0 Å². The van der Waals surface area contributed by atoms with Crippen LogP contribution in [0.3, 0.4) is 0 Å². The van der Waals surface area contributed by atoms with Gasteiger partial charge in [-0.05, 0) is 32.4 Å². The lowest BCUT2D eigenvalue weighted by atomic mass is 10.2. The second-order valence-electron chi connectivity index (χ2n) is 6.10. The molecule has 1 aliphatic rings. The number of carbonyl (C=O) groups is 1. The number of anilines is 1. The molecule has 1 aromatic heterocycles. The molecule has 118 valence electrons. The smallest absolute Gasteiger partial charge is 0.250 e. The van der Waals surface area contributed by atoms with Crippen molar-refractivity contribution in [2.24, 2.45) is 5.73 Å². The van der Waals surface area contributed by atoms with Gasteiger partial charge in [-0.3, -0.25) is 9.69 Å². The van der Waals surface area contributed by atoms with Gasteiger partial charge in [-0.15, -0.1) is 0 Å². The third-order valence-corrected chi connectivity index (χ3v) is 4.33. The molecular formula is C16H23N5O. The molecule has 0 radical (unpaired) electrons. The first-order valence-electron chi connectivity index (χ1n) is 7.84. The first-order valence-corrected chi connectivity index (χ1v) is 7.84. The number of rotatable bonds is 3. The summed E-state index contributed by atoms with van der Waals surface area (Å²) >= 11 is 0. The number of primary amides is 1. The largest absolute Gasteiger partial charge is 0.366 e. The number of nitrogens with one attached hydrogen (secondary N) is 1. The van der Waals surface area contributed by atoms with Gasteiger partial charge in [0.2, 0.25) is 5.95 Å². The van der Waals surface area contributed by atoms with Gasteiger partial charge in [-0.2, -0.15) is 0 Å². The van der Waals surface area contributed by atoms with Gasteiger partial charge in [0.05, 0.1) is 11.1 Å². The molecule has 2 aromatic rings. The molecule has 3 N–H and O–H groups in total. The van der Waals surface area contributed by atoms with Crippen LogP contribution < -0.4 is 10.6 Å². The first-order chi connectivity index (χ1) is 10.6. The minimum absolute atomic E-state index is 0.439. The Morgan fingerprint density at radius 2 is 2.09 bits per heavy atom. The Morgan fingerprint density at radius 1 is 1.27 bits per heavy atom. The van der Waals surface area contributed by atoms with E-state index in [0.29, 0.717) is 17.1 Å². The molecule has 1 aromatic carbocycles. The number of carbonyl (C=O) groups excluding carboxylic acids is 1. The zero-order valence-corrected chi connectivity index (χ0v) is 13.2. The number of nitrogens with two attached hydrogens (primary N) is 1. The van der Waals surface area contributed by atoms with E-state index in [1.54, 1.807) is 6.07 Å². The van der Waals surface area contributed by atoms with Crippen molar-refractivity contribution in [3.63, 3.8) is 0 Å². The minimum atomic E-state index is -0.439. The molecule has 0 saturated carbocycles. The van der Waals surface area contributed by atoms with Gasteiger partial charge in [0.25, 0.3) is 5.91 Å². The molecule has 0 atom stereocenters. The number of imidazole rings is 1. The molecule has 1 aliphatic heterocycles. The fraction of sp³-hybridized carbons (Fsp3) is 0.500.